The van der Waals surface area contributed by atoms with Crippen molar-refractivity contribution >= 4 is 5.91 Å². The SMILES string of the molecule is NCCNC(=O)c1ccc(-c2ccccn2)cc1. The smallest absolute Gasteiger partial charge is 0.251 e. The fraction of sp³-hybridized carbons (Fsp3) is 0.143. The molecule has 1 aromatic heterocycles. The average Bonchev–Trinajstić information content (AvgIpc) is 2.46. The van der Waals surface area contributed by atoms with E-state index in [9.17, 15) is 4.79 Å². The highest BCUT2D eigenvalue weighted by molar-refractivity contribution is 5.94. The normalized spacial score (nSPS) is 10.1. The topological polar surface area (TPSA) is 68.0 Å². The van der Waals surface area contributed by atoms with Crippen molar-refractivity contribution in [3.05, 3.63) is 54.2 Å². The van der Waals surface area contributed by atoms with Gasteiger partial charge in [-0.05, 0) is 24.3 Å². The lowest BCUT2D eigenvalue weighted by Gasteiger charge is -2.04. The highest BCUT2D eigenvalue weighted by Gasteiger charge is 2.04. The molecule has 2 aromatic rings. The van der Waals surface area contributed by atoms with Gasteiger partial charge in [0.05, 0.1) is 5.69 Å². The predicted octanol–water partition coefficient (Wildman–Crippen LogP) is 1.44. The van der Waals surface area contributed by atoms with Crippen LogP contribution in [-0.4, -0.2) is 24.0 Å². The molecule has 1 heterocycles. The van der Waals surface area contributed by atoms with Crippen LogP contribution < -0.4 is 11.1 Å². The highest BCUT2D eigenvalue weighted by Crippen LogP contribution is 2.16. The quantitative estimate of drug-likeness (QED) is 0.851. The average molecular weight is 241 g/mol. The highest BCUT2D eigenvalue weighted by atomic mass is 16.1. The third-order valence-electron chi connectivity index (χ3n) is 2.54. The summed E-state index contributed by atoms with van der Waals surface area (Å²) >= 11 is 0. The summed E-state index contributed by atoms with van der Waals surface area (Å²) in [6.07, 6.45) is 1.75. The van der Waals surface area contributed by atoms with E-state index in [2.05, 4.69) is 10.3 Å². The second-order valence-corrected chi connectivity index (χ2v) is 3.84. The molecule has 4 heteroatoms. The van der Waals surface area contributed by atoms with Crippen molar-refractivity contribution in [3.63, 3.8) is 0 Å². The summed E-state index contributed by atoms with van der Waals surface area (Å²) in [6.45, 7) is 0.929. The van der Waals surface area contributed by atoms with Crippen LogP contribution >= 0.6 is 0 Å². The first kappa shape index (κ1) is 12.3. The molecule has 18 heavy (non-hydrogen) atoms. The van der Waals surface area contributed by atoms with Crippen molar-refractivity contribution in [1.29, 1.82) is 0 Å². The molecular formula is C14H15N3O. The Morgan fingerprint density at radius 1 is 1.17 bits per heavy atom. The minimum Gasteiger partial charge on any atom is -0.351 e. The molecular weight excluding hydrogens is 226 g/mol. The number of carbonyl (C=O) groups is 1. The van der Waals surface area contributed by atoms with Gasteiger partial charge in [0.15, 0.2) is 0 Å². The molecule has 1 amide bonds. The van der Waals surface area contributed by atoms with Crippen molar-refractivity contribution in [2.45, 2.75) is 0 Å². The minimum absolute atomic E-state index is 0.104. The molecule has 1 aromatic carbocycles. The summed E-state index contributed by atoms with van der Waals surface area (Å²) in [7, 11) is 0. The summed E-state index contributed by atoms with van der Waals surface area (Å²) in [5.74, 6) is -0.104. The number of nitrogens with two attached hydrogens (primary N) is 1. The van der Waals surface area contributed by atoms with Gasteiger partial charge in [-0.15, -0.1) is 0 Å². The van der Waals surface area contributed by atoms with Crippen molar-refractivity contribution in [2.24, 2.45) is 5.73 Å². The van der Waals surface area contributed by atoms with E-state index >= 15 is 0 Å². The van der Waals surface area contributed by atoms with E-state index in [1.807, 2.05) is 30.3 Å². The molecule has 0 spiro atoms. The first-order valence-corrected chi connectivity index (χ1v) is 5.81. The number of hydrogen-bond acceptors (Lipinski definition) is 3. The van der Waals surface area contributed by atoms with Crippen molar-refractivity contribution in [2.75, 3.05) is 13.1 Å². The number of rotatable bonds is 4. The zero-order chi connectivity index (χ0) is 12.8. The molecule has 0 saturated carbocycles. The second-order valence-electron chi connectivity index (χ2n) is 3.84. The summed E-state index contributed by atoms with van der Waals surface area (Å²) < 4.78 is 0. The van der Waals surface area contributed by atoms with Crippen molar-refractivity contribution in [3.8, 4) is 11.3 Å². The van der Waals surface area contributed by atoms with Crippen LogP contribution in [0.25, 0.3) is 11.3 Å². The fourth-order valence-corrected chi connectivity index (χ4v) is 1.61. The van der Waals surface area contributed by atoms with Gasteiger partial charge in [-0.25, -0.2) is 0 Å². The maximum absolute atomic E-state index is 11.7. The second kappa shape index (κ2) is 5.93. The number of nitrogens with one attached hydrogen (secondary N) is 1. The molecule has 0 atom stereocenters. The number of benzene rings is 1. The Morgan fingerprint density at radius 2 is 1.94 bits per heavy atom. The van der Waals surface area contributed by atoms with Gasteiger partial charge in [0.1, 0.15) is 0 Å². The molecule has 3 N–H and O–H groups in total. The van der Waals surface area contributed by atoms with Gasteiger partial charge >= 0.3 is 0 Å². The summed E-state index contributed by atoms with van der Waals surface area (Å²) in [5, 5.41) is 2.73. The Balaban J connectivity index is 2.13. The molecule has 0 fully saturated rings. The third kappa shape index (κ3) is 2.93. The summed E-state index contributed by atoms with van der Waals surface area (Å²) in [4.78, 5) is 15.9. The maximum atomic E-state index is 11.7. The van der Waals surface area contributed by atoms with Crippen LogP contribution in [0.3, 0.4) is 0 Å². The fourth-order valence-electron chi connectivity index (χ4n) is 1.61. The Kier molecular flexibility index (Phi) is 4.04. The molecule has 0 unspecified atom stereocenters. The molecule has 92 valence electrons. The lowest BCUT2D eigenvalue weighted by atomic mass is 10.1. The standard InChI is InChI=1S/C14H15N3O/c15-8-10-17-14(18)12-6-4-11(5-7-12)13-3-1-2-9-16-13/h1-7,9H,8,10,15H2,(H,17,18). The maximum Gasteiger partial charge on any atom is 0.251 e. The van der Waals surface area contributed by atoms with Crippen LogP contribution in [0.5, 0.6) is 0 Å². The predicted molar refractivity (Wildman–Crippen MR) is 71.1 cm³/mol. The Bertz CT molecular complexity index is 508. The number of amides is 1. The van der Waals surface area contributed by atoms with E-state index < -0.39 is 0 Å². The third-order valence-corrected chi connectivity index (χ3v) is 2.54. The number of hydrogen-bond donors (Lipinski definition) is 2. The van der Waals surface area contributed by atoms with E-state index in [0.29, 0.717) is 18.7 Å². The van der Waals surface area contributed by atoms with Gasteiger partial charge in [0.2, 0.25) is 0 Å². The summed E-state index contributed by atoms with van der Waals surface area (Å²) in [5.41, 5.74) is 7.85. The van der Waals surface area contributed by atoms with Crippen LogP contribution in [0.15, 0.2) is 48.7 Å². The van der Waals surface area contributed by atoms with Crippen molar-refractivity contribution < 1.29 is 4.79 Å². The van der Waals surface area contributed by atoms with E-state index in [-0.39, 0.29) is 5.91 Å². The van der Waals surface area contributed by atoms with E-state index in [1.165, 1.54) is 0 Å². The van der Waals surface area contributed by atoms with Gasteiger partial charge in [-0.1, -0.05) is 18.2 Å². The van der Waals surface area contributed by atoms with Crippen LogP contribution in [0.1, 0.15) is 10.4 Å². The Hall–Kier alpha value is -2.20. The Labute approximate surface area is 106 Å². The molecule has 0 saturated heterocycles. The lowest BCUT2D eigenvalue weighted by Crippen LogP contribution is -2.28. The van der Waals surface area contributed by atoms with Gasteiger partial charge < -0.3 is 11.1 Å². The van der Waals surface area contributed by atoms with Gasteiger partial charge in [-0.2, -0.15) is 0 Å². The van der Waals surface area contributed by atoms with Crippen molar-refractivity contribution in [1.82, 2.24) is 10.3 Å². The van der Waals surface area contributed by atoms with E-state index in [1.54, 1.807) is 18.3 Å². The number of nitrogens with zero attached hydrogens (tertiary/aromatic N) is 1. The molecule has 0 aliphatic rings. The first-order chi connectivity index (χ1) is 8.81. The monoisotopic (exact) mass is 241 g/mol. The van der Waals surface area contributed by atoms with E-state index in [0.717, 1.165) is 11.3 Å². The molecule has 0 bridgehead atoms. The van der Waals surface area contributed by atoms with Gasteiger partial charge in [0.25, 0.3) is 5.91 Å². The lowest BCUT2D eigenvalue weighted by molar-refractivity contribution is 0.0955. The van der Waals surface area contributed by atoms with Gasteiger partial charge in [-0.3, -0.25) is 9.78 Å². The minimum atomic E-state index is -0.104. The molecule has 2 rings (SSSR count). The molecule has 0 aliphatic carbocycles. The number of aromatic nitrogens is 1. The first-order valence-electron chi connectivity index (χ1n) is 5.81. The number of carbonyl (C=O) groups excluding carboxylic acids is 1. The van der Waals surface area contributed by atoms with Crippen LogP contribution in [0, 0.1) is 0 Å². The zero-order valence-electron chi connectivity index (χ0n) is 9.97. The van der Waals surface area contributed by atoms with Crippen LogP contribution in [-0.2, 0) is 0 Å². The molecule has 0 radical (unpaired) electrons. The van der Waals surface area contributed by atoms with Crippen LogP contribution in [0.2, 0.25) is 0 Å². The van der Waals surface area contributed by atoms with E-state index in [4.69, 9.17) is 5.73 Å². The van der Waals surface area contributed by atoms with Crippen LogP contribution in [0.4, 0.5) is 0 Å². The zero-order valence-corrected chi connectivity index (χ0v) is 9.97. The molecule has 4 nitrogen and oxygen atoms in total. The number of pyridine rings is 1. The Morgan fingerprint density at radius 3 is 2.56 bits per heavy atom. The largest absolute Gasteiger partial charge is 0.351 e. The van der Waals surface area contributed by atoms with Gasteiger partial charge in [0, 0.05) is 30.4 Å². The molecule has 0 aliphatic heterocycles. The summed E-state index contributed by atoms with van der Waals surface area (Å²) in [6, 6.07) is 13.1.